The van der Waals surface area contributed by atoms with Crippen molar-refractivity contribution in [2.45, 2.75) is 44.1 Å². The summed E-state index contributed by atoms with van der Waals surface area (Å²) in [5, 5.41) is 14.5. The second-order valence-electron chi connectivity index (χ2n) is 5.75. The van der Waals surface area contributed by atoms with Gasteiger partial charge in [-0.25, -0.2) is 9.67 Å². The molecule has 7 heteroatoms. The molecule has 0 aliphatic carbocycles. The molecule has 0 aliphatic rings. The number of thiazole rings is 1. The van der Waals surface area contributed by atoms with Gasteiger partial charge in [0.25, 0.3) is 0 Å². The Hall–Kier alpha value is -1.47. The van der Waals surface area contributed by atoms with Crippen molar-refractivity contribution < 1.29 is 0 Å². The van der Waals surface area contributed by atoms with E-state index in [1.54, 1.807) is 23.1 Å². The van der Waals surface area contributed by atoms with E-state index in [1.165, 1.54) is 9.71 Å². The summed E-state index contributed by atoms with van der Waals surface area (Å²) in [6.07, 6.45) is 0.929. The van der Waals surface area contributed by atoms with Gasteiger partial charge in [-0.2, -0.15) is 0 Å². The van der Waals surface area contributed by atoms with E-state index < -0.39 is 0 Å². The van der Waals surface area contributed by atoms with Crippen LogP contribution in [0.5, 0.6) is 0 Å². The highest BCUT2D eigenvalue weighted by Crippen LogP contribution is 2.27. The number of hydrogen-bond donors (Lipinski definition) is 0. The van der Waals surface area contributed by atoms with Gasteiger partial charge in [-0.15, -0.1) is 16.4 Å². The number of aromatic nitrogens is 5. The fourth-order valence-corrected chi connectivity index (χ4v) is 4.34. The summed E-state index contributed by atoms with van der Waals surface area (Å²) in [6.45, 7) is 7.38. The zero-order valence-corrected chi connectivity index (χ0v) is 14.6. The van der Waals surface area contributed by atoms with Crippen molar-refractivity contribution >= 4 is 33.3 Å². The summed E-state index contributed by atoms with van der Waals surface area (Å²) in [4.78, 5) is 4.70. The van der Waals surface area contributed by atoms with E-state index in [9.17, 15) is 0 Å². The van der Waals surface area contributed by atoms with Crippen molar-refractivity contribution in [3.8, 4) is 0 Å². The zero-order chi connectivity index (χ0) is 15.5. The Morgan fingerprint density at radius 1 is 1.23 bits per heavy atom. The molecule has 0 fully saturated rings. The fraction of sp³-hybridized carbons (Fsp3) is 0.467. The van der Waals surface area contributed by atoms with Crippen molar-refractivity contribution in [3.63, 3.8) is 0 Å². The molecule has 1 atom stereocenters. The number of thioether (sulfide) groups is 1. The minimum Gasteiger partial charge on any atom is -0.241 e. The number of fused-ring (bicyclic) bond motifs is 1. The normalized spacial score (nSPS) is 13.1. The Balaban J connectivity index is 1.67. The number of benzene rings is 1. The van der Waals surface area contributed by atoms with Gasteiger partial charge in [0, 0.05) is 18.2 Å². The van der Waals surface area contributed by atoms with Crippen molar-refractivity contribution in [1.82, 2.24) is 25.2 Å². The smallest absolute Gasteiger partial charge is 0.209 e. The molecule has 5 nitrogen and oxygen atoms in total. The second-order valence-corrected chi connectivity index (χ2v) is 8.27. The molecule has 0 saturated heterocycles. The van der Waals surface area contributed by atoms with Crippen LogP contribution in [0.4, 0.5) is 0 Å². The van der Waals surface area contributed by atoms with E-state index in [-0.39, 0.29) is 0 Å². The molecule has 0 aliphatic heterocycles. The van der Waals surface area contributed by atoms with E-state index in [0.29, 0.717) is 11.2 Å². The third-order valence-corrected chi connectivity index (χ3v) is 5.27. The lowest BCUT2D eigenvalue weighted by Crippen LogP contribution is -2.10. The quantitative estimate of drug-likeness (QED) is 0.644. The SMILES string of the molecule is CC(C)Cn1nnnc1SC(C)Cc1nc2ccccc2s1. The molecular formula is C15H19N5S2. The topological polar surface area (TPSA) is 56.5 Å². The summed E-state index contributed by atoms with van der Waals surface area (Å²) < 4.78 is 3.14. The lowest BCUT2D eigenvalue weighted by molar-refractivity contribution is 0.445. The van der Waals surface area contributed by atoms with Crippen LogP contribution in [0.2, 0.25) is 0 Å². The van der Waals surface area contributed by atoms with E-state index in [4.69, 9.17) is 4.98 Å². The van der Waals surface area contributed by atoms with Gasteiger partial charge in [0.05, 0.1) is 15.2 Å². The highest BCUT2D eigenvalue weighted by molar-refractivity contribution is 7.99. The molecule has 0 saturated carbocycles. The Labute approximate surface area is 138 Å². The minimum absolute atomic E-state index is 0.387. The number of nitrogens with zero attached hydrogens (tertiary/aromatic N) is 5. The van der Waals surface area contributed by atoms with Gasteiger partial charge in [0.2, 0.25) is 5.16 Å². The van der Waals surface area contributed by atoms with Crippen LogP contribution in [0.15, 0.2) is 29.4 Å². The molecule has 3 aromatic rings. The molecule has 1 aromatic carbocycles. The van der Waals surface area contributed by atoms with Crippen molar-refractivity contribution in [2.75, 3.05) is 0 Å². The molecule has 0 spiro atoms. The molecule has 1 unspecified atom stereocenters. The van der Waals surface area contributed by atoms with E-state index in [0.717, 1.165) is 23.6 Å². The third-order valence-electron chi connectivity index (χ3n) is 3.14. The van der Waals surface area contributed by atoms with Crippen LogP contribution in [0.1, 0.15) is 25.8 Å². The number of para-hydroxylation sites is 1. The van der Waals surface area contributed by atoms with Gasteiger partial charge in [0.15, 0.2) is 0 Å². The number of hydrogen-bond acceptors (Lipinski definition) is 6. The second kappa shape index (κ2) is 6.75. The van der Waals surface area contributed by atoms with Crippen LogP contribution in [0.3, 0.4) is 0 Å². The Morgan fingerprint density at radius 3 is 2.82 bits per heavy atom. The van der Waals surface area contributed by atoms with Gasteiger partial charge in [0.1, 0.15) is 0 Å². The molecule has 3 rings (SSSR count). The predicted molar refractivity (Wildman–Crippen MR) is 91.3 cm³/mol. The van der Waals surface area contributed by atoms with Crippen LogP contribution < -0.4 is 0 Å². The Kier molecular flexibility index (Phi) is 4.73. The van der Waals surface area contributed by atoms with Gasteiger partial charge < -0.3 is 0 Å². The zero-order valence-electron chi connectivity index (χ0n) is 12.9. The Morgan fingerprint density at radius 2 is 2.05 bits per heavy atom. The predicted octanol–water partition coefficient (Wildman–Crippen LogP) is 3.66. The van der Waals surface area contributed by atoms with Crippen LogP contribution in [0, 0.1) is 5.92 Å². The summed E-state index contributed by atoms with van der Waals surface area (Å²) in [5.74, 6) is 0.530. The maximum absolute atomic E-state index is 4.70. The number of tetrazole rings is 1. The fourth-order valence-electron chi connectivity index (χ4n) is 2.22. The molecule has 22 heavy (non-hydrogen) atoms. The molecule has 0 radical (unpaired) electrons. The van der Waals surface area contributed by atoms with Gasteiger partial charge in [-0.3, -0.25) is 0 Å². The minimum atomic E-state index is 0.387. The first kappa shape index (κ1) is 15.4. The molecule has 0 bridgehead atoms. The maximum atomic E-state index is 4.70. The van der Waals surface area contributed by atoms with Crippen LogP contribution in [-0.4, -0.2) is 30.4 Å². The van der Waals surface area contributed by atoms with Gasteiger partial charge in [-0.05, 0) is 28.5 Å². The largest absolute Gasteiger partial charge is 0.241 e. The van der Waals surface area contributed by atoms with E-state index in [2.05, 4.69) is 54.5 Å². The first-order valence-corrected chi connectivity index (χ1v) is 9.08. The lowest BCUT2D eigenvalue weighted by atomic mass is 10.2. The van der Waals surface area contributed by atoms with E-state index in [1.807, 2.05) is 10.7 Å². The summed E-state index contributed by atoms with van der Waals surface area (Å²) >= 11 is 3.49. The van der Waals surface area contributed by atoms with Gasteiger partial charge in [-0.1, -0.05) is 44.7 Å². The Bertz CT molecular complexity index is 716. The van der Waals surface area contributed by atoms with Crippen LogP contribution in [-0.2, 0) is 13.0 Å². The first-order chi connectivity index (χ1) is 10.6. The molecule has 0 amide bonds. The third kappa shape index (κ3) is 3.64. The highest BCUT2D eigenvalue weighted by atomic mass is 32.2. The van der Waals surface area contributed by atoms with E-state index >= 15 is 0 Å². The standard InChI is InChI=1S/C15H19N5S2/c1-10(2)9-20-15(17-18-19-20)21-11(3)8-14-16-12-6-4-5-7-13(12)22-14/h4-7,10-11H,8-9H2,1-3H3. The molecular weight excluding hydrogens is 314 g/mol. The number of rotatable bonds is 6. The summed E-state index contributed by atoms with van der Waals surface area (Å²) in [6, 6.07) is 8.28. The average molecular weight is 333 g/mol. The molecule has 2 heterocycles. The van der Waals surface area contributed by atoms with Crippen LogP contribution >= 0.6 is 23.1 Å². The monoisotopic (exact) mass is 333 g/mol. The first-order valence-electron chi connectivity index (χ1n) is 7.39. The van der Waals surface area contributed by atoms with Crippen molar-refractivity contribution in [1.29, 1.82) is 0 Å². The molecule has 2 aromatic heterocycles. The van der Waals surface area contributed by atoms with Crippen LogP contribution in [0.25, 0.3) is 10.2 Å². The van der Waals surface area contributed by atoms with Gasteiger partial charge >= 0.3 is 0 Å². The van der Waals surface area contributed by atoms with Crippen molar-refractivity contribution in [2.24, 2.45) is 5.92 Å². The lowest BCUT2D eigenvalue weighted by Gasteiger charge is -2.10. The summed E-state index contributed by atoms with van der Waals surface area (Å²) in [7, 11) is 0. The molecule has 116 valence electrons. The highest BCUT2D eigenvalue weighted by Gasteiger charge is 2.15. The van der Waals surface area contributed by atoms with Crippen molar-refractivity contribution in [3.05, 3.63) is 29.3 Å². The molecule has 0 N–H and O–H groups in total. The summed E-state index contributed by atoms with van der Waals surface area (Å²) in [5.41, 5.74) is 1.09. The maximum Gasteiger partial charge on any atom is 0.209 e. The average Bonchev–Trinajstić information content (AvgIpc) is 3.04.